The number of carbonyl (C=O) groups is 2. The summed E-state index contributed by atoms with van der Waals surface area (Å²) in [5.74, 6) is -1.23. The zero-order valence-electron chi connectivity index (χ0n) is 10.8. The van der Waals surface area contributed by atoms with Crippen LogP contribution in [-0.2, 0) is 16.1 Å². The molecule has 0 aromatic carbocycles. The first-order valence-corrected chi connectivity index (χ1v) is 6.03. The van der Waals surface area contributed by atoms with Gasteiger partial charge in [0.15, 0.2) is 11.5 Å². The summed E-state index contributed by atoms with van der Waals surface area (Å²) in [7, 11) is 1.52. The van der Waals surface area contributed by atoms with Gasteiger partial charge >= 0.3 is 5.97 Å². The van der Waals surface area contributed by atoms with E-state index < -0.39 is 11.9 Å². The third kappa shape index (κ3) is 2.60. The van der Waals surface area contributed by atoms with Crippen LogP contribution in [-0.4, -0.2) is 46.7 Å². The highest BCUT2D eigenvalue weighted by Gasteiger charge is 2.39. The molecule has 1 aromatic rings. The van der Waals surface area contributed by atoms with Crippen molar-refractivity contribution >= 4 is 11.9 Å². The smallest absolute Gasteiger partial charge is 0.308 e. The van der Waals surface area contributed by atoms with Crippen LogP contribution in [0.1, 0.15) is 29.6 Å². The van der Waals surface area contributed by atoms with Crippen LogP contribution in [0.3, 0.4) is 0 Å². The number of hydrogen-bond acceptors (Lipinski definition) is 5. The molecule has 1 fully saturated rings. The molecule has 0 spiro atoms. The van der Waals surface area contributed by atoms with Gasteiger partial charge in [0.1, 0.15) is 6.61 Å². The number of carboxylic acids is 1. The van der Waals surface area contributed by atoms with E-state index in [9.17, 15) is 9.59 Å². The van der Waals surface area contributed by atoms with Crippen LogP contribution in [0, 0.1) is 5.92 Å². The summed E-state index contributed by atoms with van der Waals surface area (Å²) in [6.45, 7) is 2.40. The van der Waals surface area contributed by atoms with Crippen molar-refractivity contribution in [2.45, 2.75) is 26.0 Å². The van der Waals surface area contributed by atoms with Gasteiger partial charge < -0.3 is 19.3 Å². The molecule has 0 saturated carbocycles. The topological polar surface area (TPSA) is 92.9 Å². The second-order valence-corrected chi connectivity index (χ2v) is 4.58. The first kappa shape index (κ1) is 13.5. The molecule has 1 N–H and O–H groups in total. The van der Waals surface area contributed by atoms with Crippen LogP contribution < -0.4 is 0 Å². The van der Waals surface area contributed by atoms with Gasteiger partial charge in [-0.25, -0.2) is 0 Å². The second-order valence-electron chi connectivity index (χ2n) is 4.58. The van der Waals surface area contributed by atoms with Crippen LogP contribution in [0.25, 0.3) is 0 Å². The lowest BCUT2D eigenvalue weighted by atomic mass is 10.0. The summed E-state index contributed by atoms with van der Waals surface area (Å²) in [5, 5.41) is 12.7. The molecule has 1 amide bonds. The highest BCUT2D eigenvalue weighted by molar-refractivity contribution is 5.93. The monoisotopic (exact) mass is 268 g/mol. The Bertz CT molecular complexity index is 484. The molecule has 0 bridgehead atoms. The number of aliphatic carboxylic acids is 1. The number of amides is 1. The van der Waals surface area contributed by atoms with E-state index in [2.05, 4.69) is 5.16 Å². The van der Waals surface area contributed by atoms with Gasteiger partial charge in [-0.3, -0.25) is 9.59 Å². The van der Waals surface area contributed by atoms with E-state index in [-0.39, 0.29) is 24.2 Å². The summed E-state index contributed by atoms with van der Waals surface area (Å²) in [4.78, 5) is 24.8. The fraction of sp³-hybridized carbons (Fsp3) is 0.583. The number of carboxylic acid groups (broad SMARTS) is 1. The van der Waals surface area contributed by atoms with Gasteiger partial charge in [-0.1, -0.05) is 5.16 Å². The normalized spacial score (nSPS) is 22.7. The van der Waals surface area contributed by atoms with Crippen molar-refractivity contribution in [2.75, 3.05) is 13.7 Å². The molecule has 2 unspecified atom stereocenters. The average molecular weight is 268 g/mol. The minimum absolute atomic E-state index is 0.185. The molecule has 1 aromatic heterocycles. The predicted octanol–water partition coefficient (Wildman–Crippen LogP) is 0.756. The van der Waals surface area contributed by atoms with Gasteiger partial charge in [0, 0.05) is 25.8 Å². The Morgan fingerprint density at radius 2 is 2.37 bits per heavy atom. The van der Waals surface area contributed by atoms with E-state index in [1.807, 2.05) is 0 Å². The second kappa shape index (κ2) is 5.40. The fourth-order valence-electron chi connectivity index (χ4n) is 2.33. The summed E-state index contributed by atoms with van der Waals surface area (Å²) < 4.78 is 9.84. The minimum Gasteiger partial charge on any atom is -0.481 e. The quantitative estimate of drug-likeness (QED) is 0.866. The Labute approximate surface area is 110 Å². The Morgan fingerprint density at radius 1 is 1.63 bits per heavy atom. The number of methoxy groups -OCH3 is 1. The van der Waals surface area contributed by atoms with Crippen LogP contribution in [0.4, 0.5) is 0 Å². The molecule has 1 aliphatic rings. The van der Waals surface area contributed by atoms with Gasteiger partial charge in [-0.15, -0.1) is 0 Å². The zero-order valence-corrected chi connectivity index (χ0v) is 10.8. The van der Waals surface area contributed by atoms with Crippen molar-refractivity contribution in [2.24, 2.45) is 5.92 Å². The van der Waals surface area contributed by atoms with E-state index >= 15 is 0 Å². The molecule has 2 atom stereocenters. The molecule has 2 heterocycles. The van der Waals surface area contributed by atoms with Crippen molar-refractivity contribution in [1.29, 1.82) is 0 Å². The first-order chi connectivity index (χ1) is 9.04. The molecular weight excluding hydrogens is 252 g/mol. The lowest BCUT2D eigenvalue weighted by Crippen LogP contribution is -2.37. The number of rotatable bonds is 4. The van der Waals surface area contributed by atoms with E-state index in [0.29, 0.717) is 18.7 Å². The van der Waals surface area contributed by atoms with Gasteiger partial charge in [-0.05, 0) is 13.3 Å². The first-order valence-electron chi connectivity index (χ1n) is 6.03. The minimum atomic E-state index is -0.872. The Hall–Kier alpha value is -1.89. The SMILES string of the molecule is COCc1cc(C(=O)N2CCC(C(=O)O)C2C)no1. The van der Waals surface area contributed by atoms with Gasteiger partial charge in [-0.2, -0.15) is 0 Å². The van der Waals surface area contributed by atoms with Crippen molar-refractivity contribution in [3.05, 3.63) is 17.5 Å². The largest absolute Gasteiger partial charge is 0.481 e. The van der Waals surface area contributed by atoms with E-state index in [1.54, 1.807) is 6.92 Å². The van der Waals surface area contributed by atoms with E-state index in [0.717, 1.165) is 0 Å². The maximum absolute atomic E-state index is 12.2. The summed E-state index contributed by atoms with van der Waals surface area (Å²) >= 11 is 0. The molecule has 0 radical (unpaired) electrons. The van der Waals surface area contributed by atoms with Gasteiger partial charge in [0.05, 0.1) is 5.92 Å². The lowest BCUT2D eigenvalue weighted by Gasteiger charge is -2.21. The molecule has 7 nitrogen and oxygen atoms in total. The molecular formula is C12H16N2O5. The van der Waals surface area contributed by atoms with Crippen molar-refractivity contribution in [3.63, 3.8) is 0 Å². The maximum atomic E-state index is 12.2. The number of nitrogens with zero attached hydrogens (tertiary/aromatic N) is 2. The third-order valence-corrected chi connectivity index (χ3v) is 3.40. The summed E-state index contributed by atoms with van der Waals surface area (Å²) in [6.07, 6.45) is 0.463. The average Bonchev–Trinajstić information content (AvgIpc) is 2.95. The summed E-state index contributed by atoms with van der Waals surface area (Å²) in [5.41, 5.74) is 0.185. The highest BCUT2D eigenvalue weighted by Crippen LogP contribution is 2.26. The number of ether oxygens (including phenoxy) is 1. The zero-order chi connectivity index (χ0) is 14.0. The molecule has 7 heteroatoms. The molecule has 1 saturated heterocycles. The van der Waals surface area contributed by atoms with Crippen LogP contribution in [0.2, 0.25) is 0 Å². The third-order valence-electron chi connectivity index (χ3n) is 3.40. The standard InChI is InChI=1S/C12H16N2O5/c1-7-9(12(16)17)3-4-14(7)11(15)10-5-8(6-18-2)19-13-10/h5,7,9H,3-4,6H2,1-2H3,(H,16,17). The van der Waals surface area contributed by atoms with Gasteiger partial charge in [0.25, 0.3) is 5.91 Å². The number of hydrogen-bond donors (Lipinski definition) is 1. The number of carbonyl (C=O) groups excluding carboxylic acids is 1. The molecule has 1 aliphatic heterocycles. The van der Waals surface area contributed by atoms with E-state index in [4.69, 9.17) is 14.4 Å². The molecule has 0 aliphatic carbocycles. The lowest BCUT2D eigenvalue weighted by molar-refractivity contribution is -0.142. The Balaban J connectivity index is 2.09. The predicted molar refractivity (Wildman–Crippen MR) is 63.5 cm³/mol. The number of likely N-dealkylation sites (tertiary alicyclic amines) is 1. The van der Waals surface area contributed by atoms with Crippen LogP contribution in [0.5, 0.6) is 0 Å². The number of aromatic nitrogens is 1. The molecule has 104 valence electrons. The van der Waals surface area contributed by atoms with Crippen LogP contribution >= 0.6 is 0 Å². The Morgan fingerprint density at radius 3 is 2.95 bits per heavy atom. The van der Waals surface area contributed by atoms with Crippen molar-refractivity contribution in [1.82, 2.24) is 10.1 Å². The van der Waals surface area contributed by atoms with Crippen molar-refractivity contribution < 1.29 is 24.0 Å². The molecule has 2 rings (SSSR count). The van der Waals surface area contributed by atoms with Gasteiger partial charge in [0.2, 0.25) is 0 Å². The van der Waals surface area contributed by atoms with Crippen molar-refractivity contribution in [3.8, 4) is 0 Å². The maximum Gasteiger partial charge on any atom is 0.308 e. The summed E-state index contributed by atoms with van der Waals surface area (Å²) in [6, 6.07) is 1.18. The highest BCUT2D eigenvalue weighted by atomic mass is 16.5. The Kier molecular flexibility index (Phi) is 3.84. The van der Waals surface area contributed by atoms with E-state index in [1.165, 1.54) is 18.1 Å². The van der Waals surface area contributed by atoms with Crippen LogP contribution in [0.15, 0.2) is 10.6 Å². The fourth-order valence-corrected chi connectivity index (χ4v) is 2.33. The molecule has 19 heavy (non-hydrogen) atoms.